The molecule has 3 aromatic rings. The smallest absolute Gasteiger partial charge is 0.470 e. The van der Waals surface area contributed by atoms with Crippen molar-refractivity contribution in [2.75, 3.05) is 44.5 Å². The first-order chi connectivity index (χ1) is 19.7. The number of amides is 2. The summed E-state index contributed by atoms with van der Waals surface area (Å²) in [6.45, 7) is 0.546. The Morgan fingerprint density at radius 1 is 0.805 bits per heavy atom. The van der Waals surface area contributed by atoms with E-state index in [4.69, 9.17) is 9.26 Å². The number of ether oxygens (including phenoxy) is 3. The van der Waals surface area contributed by atoms with E-state index in [2.05, 4.69) is 25.4 Å². The van der Waals surface area contributed by atoms with Crippen molar-refractivity contribution < 1.29 is 42.7 Å². The van der Waals surface area contributed by atoms with Crippen LogP contribution in [-0.2, 0) is 18.6 Å². The summed E-state index contributed by atoms with van der Waals surface area (Å²) < 4.78 is 31.4. The summed E-state index contributed by atoms with van der Waals surface area (Å²) in [6.07, 6.45) is -1.44. The van der Waals surface area contributed by atoms with Crippen LogP contribution in [0.3, 0.4) is 0 Å². The van der Waals surface area contributed by atoms with Gasteiger partial charge in [0.05, 0.1) is 14.2 Å². The Hall–Kier alpha value is -3.93. The van der Waals surface area contributed by atoms with Crippen molar-refractivity contribution in [1.29, 1.82) is 0 Å². The number of carbonyl (C=O) groups excluding carboxylic acids is 2. The molecule has 3 aromatic carbocycles. The molecule has 0 aliphatic heterocycles. The fraction of sp³-hybridized carbons (Fsp3) is 0.286. The molecule has 13 heteroatoms. The molecular formula is C28H34N3O9P. The Labute approximate surface area is 238 Å². The quantitative estimate of drug-likeness (QED) is 0.132. The maximum atomic E-state index is 11.5. The molecule has 3 rings (SSSR count). The van der Waals surface area contributed by atoms with Crippen molar-refractivity contribution in [1.82, 2.24) is 5.32 Å². The van der Waals surface area contributed by atoms with E-state index in [-0.39, 0.29) is 19.1 Å². The van der Waals surface area contributed by atoms with Crippen LogP contribution in [0.1, 0.15) is 23.5 Å². The lowest BCUT2D eigenvalue weighted by Gasteiger charge is -2.22. The third kappa shape index (κ3) is 11.2. The number of benzene rings is 3. The maximum absolute atomic E-state index is 11.5. The second kappa shape index (κ2) is 15.8. The second-order valence-electron chi connectivity index (χ2n) is 8.86. The molecule has 0 heterocycles. The standard InChI is InChI=1S/C28H34N3O9P/c1-37-27(32)30-22-12-8-20(9-13-22)26(21-10-14-23(15-11-21)31-28(33)38-2)16-17-29-18-25(40-41(34,35)36)19-39-24-6-4-3-5-7-24/h3-15,25-26,29H,16-19H2,1-2H3,(H,30,32)(H,31,33)(H2,34,35,36)/t25-/m0/s1. The number of carbonyl (C=O) groups is 2. The Balaban J connectivity index is 1.69. The Morgan fingerprint density at radius 2 is 1.32 bits per heavy atom. The zero-order valence-electron chi connectivity index (χ0n) is 22.7. The van der Waals surface area contributed by atoms with Crippen LogP contribution in [0.4, 0.5) is 21.0 Å². The normalized spacial score (nSPS) is 11.9. The zero-order valence-corrected chi connectivity index (χ0v) is 23.6. The van der Waals surface area contributed by atoms with E-state index in [0.717, 1.165) is 11.1 Å². The minimum absolute atomic E-state index is 0.0606. The zero-order chi connectivity index (χ0) is 29.7. The fourth-order valence-corrected chi connectivity index (χ4v) is 4.52. The molecule has 0 radical (unpaired) electrons. The van der Waals surface area contributed by atoms with Crippen molar-refractivity contribution in [2.45, 2.75) is 18.4 Å². The largest absolute Gasteiger partial charge is 0.491 e. The molecule has 0 unspecified atom stereocenters. The van der Waals surface area contributed by atoms with E-state index < -0.39 is 26.1 Å². The number of methoxy groups -OCH3 is 2. The van der Waals surface area contributed by atoms with Gasteiger partial charge in [-0.1, -0.05) is 42.5 Å². The molecule has 0 bridgehead atoms. The van der Waals surface area contributed by atoms with E-state index in [1.54, 1.807) is 48.5 Å². The van der Waals surface area contributed by atoms with Gasteiger partial charge >= 0.3 is 20.0 Å². The van der Waals surface area contributed by atoms with Gasteiger partial charge < -0.3 is 29.3 Å². The third-order valence-corrected chi connectivity index (χ3v) is 6.51. The molecule has 5 N–H and O–H groups in total. The Kier molecular flexibility index (Phi) is 12.1. The number of hydrogen-bond donors (Lipinski definition) is 5. The van der Waals surface area contributed by atoms with Gasteiger partial charge in [-0.25, -0.2) is 14.2 Å². The number of phosphoric ester groups is 1. The lowest BCUT2D eigenvalue weighted by atomic mass is 9.88. The van der Waals surface area contributed by atoms with Crippen LogP contribution in [0.2, 0.25) is 0 Å². The molecule has 0 fully saturated rings. The van der Waals surface area contributed by atoms with Crippen LogP contribution in [0.5, 0.6) is 5.75 Å². The highest BCUT2D eigenvalue weighted by Crippen LogP contribution is 2.37. The number of rotatable bonds is 14. The van der Waals surface area contributed by atoms with Crippen molar-refractivity contribution in [3.63, 3.8) is 0 Å². The molecule has 2 amide bonds. The highest BCUT2D eigenvalue weighted by atomic mass is 31.2. The van der Waals surface area contributed by atoms with E-state index in [1.807, 2.05) is 30.3 Å². The summed E-state index contributed by atoms with van der Waals surface area (Å²) in [7, 11) is -2.17. The first-order valence-electron chi connectivity index (χ1n) is 12.7. The molecule has 0 aliphatic carbocycles. The fourth-order valence-electron chi connectivity index (χ4n) is 4.00. The number of hydrogen-bond acceptors (Lipinski definition) is 8. The summed E-state index contributed by atoms with van der Waals surface area (Å²) in [5.41, 5.74) is 3.08. The van der Waals surface area contributed by atoms with E-state index in [1.165, 1.54) is 14.2 Å². The van der Waals surface area contributed by atoms with Gasteiger partial charge in [-0.05, 0) is 60.5 Å². The monoisotopic (exact) mass is 587 g/mol. The SMILES string of the molecule is COC(=O)Nc1ccc(C(CCNC[C@@H](COc2ccccc2)OP(=O)(O)O)c2ccc(NC(=O)OC)cc2)cc1. The van der Waals surface area contributed by atoms with Crippen molar-refractivity contribution in [3.05, 3.63) is 90.0 Å². The Bertz CT molecular complexity index is 1220. The molecule has 0 aromatic heterocycles. The van der Waals surface area contributed by atoms with Crippen LogP contribution >= 0.6 is 7.82 Å². The predicted molar refractivity (Wildman–Crippen MR) is 153 cm³/mol. The van der Waals surface area contributed by atoms with Gasteiger partial charge in [-0.15, -0.1) is 0 Å². The minimum Gasteiger partial charge on any atom is -0.491 e. The van der Waals surface area contributed by atoms with Gasteiger partial charge in [-0.3, -0.25) is 15.2 Å². The summed E-state index contributed by atoms with van der Waals surface area (Å²) in [5, 5.41) is 8.45. The van der Waals surface area contributed by atoms with E-state index in [9.17, 15) is 23.9 Å². The average molecular weight is 588 g/mol. The molecule has 220 valence electrons. The number of nitrogens with one attached hydrogen (secondary N) is 3. The van der Waals surface area contributed by atoms with Crippen molar-refractivity contribution in [2.24, 2.45) is 0 Å². The van der Waals surface area contributed by atoms with Gasteiger partial charge in [0.1, 0.15) is 18.5 Å². The van der Waals surface area contributed by atoms with Gasteiger partial charge in [-0.2, -0.15) is 0 Å². The first kappa shape index (κ1) is 31.6. The maximum Gasteiger partial charge on any atom is 0.470 e. The molecule has 12 nitrogen and oxygen atoms in total. The highest BCUT2D eigenvalue weighted by Gasteiger charge is 2.23. The van der Waals surface area contributed by atoms with Gasteiger partial charge in [0.25, 0.3) is 0 Å². The van der Waals surface area contributed by atoms with Crippen molar-refractivity contribution in [3.8, 4) is 5.75 Å². The van der Waals surface area contributed by atoms with Crippen LogP contribution in [-0.4, -0.2) is 62.0 Å². The molecule has 1 atom stereocenters. The lowest BCUT2D eigenvalue weighted by molar-refractivity contribution is 0.0888. The molecule has 41 heavy (non-hydrogen) atoms. The summed E-state index contributed by atoms with van der Waals surface area (Å²) in [4.78, 5) is 41.8. The van der Waals surface area contributed by atoms with Gasteiger partial charge in [0.15, 0.2) is 0 Å². The number of para-hydroxylation sites is 1. The highest BCUT2D eigenvalue weighted by molar-refractivity contribution is 7.46. The van der Waals surface area contributed by atoms with Crippen LogP contribution in [0.25, 0.3) is 0 Å². The van der Waals surface area contributed by atoms with E-state index in [0.29, 0.717) is 30.1 Å². The van der Waals surface area contributed by atoms with Crippen LogP contribution in [0.15, 0.2) is 78.9 Å². The van der Waals surface area contributed by atoms with Gasteiger partial charge in [0, 0.05) is 23.8 Å². The Morgan fingerprint density at radius 3 is 1.78 bits per heavy atom. The van der Waals surface area contributed by atoms with Crippen LogP contribution < -0.4 is 20.7 Å². The number of phosphoric acid groups is 1. The van der Waals surface area contributed by atoms with E-state index >= 15 is 0 Å². The predicted octanol–water partition coefficient (Wildman–Crippen LogP) is 4.71. The molecule has 0 saturated heterocycles. The average Bonchev–Trinajstić information content (AvgIpc) is 2.96. The second-order valence-corrected chi connectivity index (χ2v) is 10.1. The lowest BCUT2D eigenvalue weighted by Crippen LogP contribution is -2.34. The molecular weight excluding hydrogens is 553 g/mol. The topological polar surface area (TPSA) is 165 Å². The van der Waals surface area contributed by atoms with Crippen LogP contribution in [0, 0.1) is 0 Å². The summed E-state index contributed by atoms with van der Waals surface area (Å²) >= 11 is 0. The van der Waals surface area contributed by atoms with Crippen molar-refractivity contribution >= 4 is 31.4 Å². The number of anilines is 2. The third-order valence-electron chi connectivity index (χ3n) is 5.94. The molecule has 0 aliphatic rings. The van der Waals surface area contributed by atoms with Gasteiger partial charge in [0.2, 0.25) is 0 Å². The minimum atomic E-state index is -4.74. The summed E-state index contributed by atoms with van der Waals surface area (Å²) in [5.74, 6) is 0.464. The summed E-state index contributed by atoms with van der Waals surface area (Å²) in [6, 6.07) is 23.5. The molecule has 0 saturated carbocycles. The first-order valence-corrected chi connectivity index (χ1v) is 14.2. The molecule has 0 spiro atoms.